The average molecular weight is 381 g/mol. The van der Waals surface area contributed by atoms with Crippen molar-refractivity contribution >= 4 is 5.97 Å². The molecule has 7 heteroatoms. The lowest BCUT2D eigenvalue weighted by Crippen LogP contribution is -2.33. The molecule has 0 radical (unpaired) electrons. The lowest BCUT2D eigenvalue weighted by molar-refractivity contribution is -0.141. The minimum Gasteiger partial charge on any atom is -0.489 e. The summed E-state index contributed by atoms with van der Waals surface area (Å²) in [5, 5.41) is 0. The van der Waals surface area contributed by atoms with Gasteiger partial charge in [0.05, 0.1) is 52.4 Å². The van der Waals surface area contributed by atoms with Crippen LogP contribution < -0.4 is 0 Å². The molecule has 1 aliphatic rings. The summed E-state index contributed by atoms with van der Waals surface area (Å²) in [4.78, 5) is 13.7. The van der Waals surface area contributed by atoms with E-state index in [1.807, 2.05) is 24.0 Å². The summed E-state index contributed by atoms with van der Waals surface area (Å²) in [6.45, 7) is 13.3. The molecule has 27 heavy (non-hydrogen) atoms. The number of nitrogens with zero attached hydrogens (tertiary/aromatic N) is 1. The molecule has 7 nitrogen and oxygen atoms in total. The van der Waals surface area contributed by atoms with Crippen molar-refractivity contribution in [1.29, 1.82) is 0 Å². The lowest BCUT2D eigenvalue weighted by atomic mass is 10.2. The maximum Gasteiger partial charge on any atom is 0.325 e. The quantitative estimate of drug-likeness (QED) is 0.533. The topological polar surface area (TPSA) is 66.5 Å². The highest BCUT2D eigenvalue weighted by Crippen LogP contribution is 2.16. The number of hydrogen-bond acceptors (Lipinski definition) is 7. The van der Waals surface area contributed by atoms with E-state index in [1.54, 1.807) is 6.08 Å². The van der Waals surface area contributed by atoms with Gasteiger partial charge in [-0.25, -0.2) is 0 Å². The Hall–Kier alpha value is -2.09. The van der Waals surface area contributed by atoms with Crippen LogP contribution in [0.5, 0.6) is 0 Å². The maximum atomic E-state index is 11.9. The van der Waals surface area contributed by atoms with Crippen LogP contribution in [0.4, 0.5) is 0 Å². The molecule has 0 aliphatic carbocycles. The van der Waals surface area contributed by atoms with Gasteiger partial charge in [0.1, 0.15) is 18.9 Å². The predicted molar refractivity (Wildman–Crippen MR) is 103 cm³/mol. The van der Waals surface area contributed by atoms with Crippen LogP contribution >= 0.6 is 0 Å². The molecule has 0 amide bonds. The Bertz CT molecular complexity index is 541. The predicted octanol–water partition coefficient (Wildman–Crippen LogP) is 2.07. The monoisotopic (exact) mass is 381 g/mol. The molecule has 0 saturated heterocycles. The Morgan fingerprint density at radius 3 is 2.26 bits per heavy atom. The van der Waals surface area contributed by atoms with Gasteiger partial charge in [0.25, 0.3) is 0 Å². The van der Waals surface area contributed by atoms with Crippen LogP contribution in [0.2, 0.25) is 0 Å². The molecule has 0 spiro atoms. The number of carbonyl (C=O) groups excluding carboxylic acids is 1. The molecule has 1 aliphatic heterocycles. The first-order valence-electron chi connectivity index (χ1n) is 8.96. The van der Waals surface area contributed by atoms with Crippen molar-refractivity contribution in [2.45, 2.75) is 6.92 Å². The van der Waals surface area contributed by atoms with E-state index >= 15 is 0 Å². The fourth-order valence-corrected chi connectivity index (χ4v) is 2.23. The first-order valence-corrected chi connectivity index (χ1v) is 8.96. The molecular formula is C20H31NO6. The molecule has 0 fully saturated rings. The number of hydrogen-bond donors (Lipinski definition) is 0. The van der Waals surface area contributed by atoms with E-state index in [9.17, 15) is 4.79 Å². The van der Waals surface area contributed by atoms with Crippen LogP contribution in [0.3, 0.4) is 0 Å². The molecule has 0 saturated carbocycles. The average Bonchev–Trinajstić information content (AvgIpc) is 2.66. The van der Waals surface area contributed by atoms with Crippen LogP contribution in [0, 0.1) is 0 Å². The third kappa shape index (κ3) is 9.98. The van der Waals surface area contributed by atoms with Crippen LogP contribution in [0.15, 0.2) is 48.4 Å². The summed E-state index contributed by atoms with van der Waals surface area (Å²) in [7, 11) is 1.36. The van der Waals surface area contributed by atoms with Crippen molar-refractivity contribution in [3.63, 3.8) is 0 Å². The van der Waals surface area contributed by atoms with Crippen molar-refractivity contribution in [1.82, 2.24) is 4.90 Å². The van der Waals surface area contributed by atoms with E-state index in [2.05, 4.69) is 13.2 Å². The molecule has 0 aromatic rings. The molecule has 0 bridgehead atoms. The Balaban J connectivity index is 3.10. The molecule has 0 aromatic carbocycles. The van der Waals surface area contributed by atoms with Crippen LogP contribution in [-0.2, 0) is 28.5 Å². The molecule has 1 rings (SSSR count). The van der Waals surface area contributed by atoms with E-state index in [0.29, 0.717) is 64.2 Å². The van der Waals surface area contributed by atoms with Gasteiger partial charge >= 0.3 is 5.97 Å². The zero-order valence-corrected chi connectivity index (χ0v) is 16.4. The van der Waals surface area contributed by atoms with Crippen LogP contribution in [0.25, 0.3) is 0 Å². The minimum absolute atomic E-state index is 0.0590. The minimum atomic E-state index is -0.357. The number of rotatable bonds is 5. The molecule has 0 aromatic heterocycles. The van der Waals surface area contributed by atoms with E-state index in [0.717, 1.165) is 5.57 Å². The van der Waals surface area contributed by atoms with E-state index in [-0.39, 0.29) is 12.5 Å². The van der Waals surface area contributed by atoms with Gasteiger partial charge in [0.15, 0.2) is 0 Å². The molecular weight excluding hydrogens is 350 g/mol. The largest absolute Gasteiger partial charge is 0.489 e. The summed E-state index contributed by atoms with van der Waals surface area (Å²) in [5.41, 5.74) is 1.57. The maximum absolute atomic E-state index is 11.9. The summed E-state index contributed by atoms with van der Waals surface area (Å²) < 4.78 is 27.2. The lowest BCUT2D eigenvalue weighted by Gasteiger charge is -2.26. The standard InChI is InChI=1S/C20H31NO6/c1-5-19-18(7-6-17(2)3)21(16-20(22)23-4)8-9-24-10-11-25-12-13-26-14-15-27-19/h5-7H,1-2,8-16H2,3-4H3/b7-6-,19-18-. The van der Waals surface area contributed by atoms with E-state index < -0.39 is 0 Å². The molecule has 152 valence electrons. The highest BCUT2D eigenvalue weighted by Gasteiger charge is 2.17. The van der Waals surface area contributed by atoms with Crippen molar-refractivity contribution in [2.24, 2.45) is 0 Å². The van der Waals surface area contributed by atoms with E-state index in [1.165, 1.54) is 7.11 Å². The highest BCUT2D eigenvalue weighted by molar-refractivity contribution is 5.72. The molecule has 1 heterocycles. The smallest absolute Gasteiger partial charge is 0.325 e. The second-order valence-corrected chi connectivity index (χ2v) is 5.82. The van der Waals surface area contributed by atoms with E-state index in [4.69, 9.17) is 23.7 Å². The summed E-state index contributed by atoms with van der Waals surface area (Å²) in [5.74, 6) is 0.190. The first-order chi connectivity index (χ1) is 13.1. The summed E-state index contributed by atoms with van der Waals surface area (Å²) in [6, 6.07) is 0. The normalized spacial score (nSPS) is 21.0. The van der Waals surface area contributed by atoms with Crippen LogP contribution in [-0.4, -0.2) is 77.3 Å². The number of carbonyl (C=O) groups is 1. The summed E-state index contributed by atoms with van der Waals surface area (Å²) >= 11 is 0. The fraction of sp³-hybridized carbons (Fsp3) is 0.550. The second-order valence-electron chi connectivity index (χ2n) is 5.82. The summed E-state index contributed by atoms with van der Waals surface area (Å²) in [6.07, 6.45) is 5.32. The van der Waals surface area contributed by atoms with Crippen molar-refractivity contribution in [2.75, 3.05) is 66.4 Å². The van der Waals surface area contributed by atoms with Crippen molar-refractivity contribution in [3.05, 3.63) is 48.4 Å². The Kier molecular flexibility index (Phi) is 11.9. The SMILES string of the molecule is C=C/C1=C(\C=C/C(=C)C)N(CC(=O)OC)CCOCCOCCOCCO1. The third-order valence-electron chi connectivity index (χ3n) is 3.59. The van der Waals surface area contributed by atoms with Crippen molar-refractivity contribution in [3.8, 4) is 0 Å². The third-order valence-corrected chi connectivity index (χ3v) is 3.59. The van der Waals surface area contributed by atoms with Crippen LogP contribution in [0.1, 0.15) is 6.92 Å². The van der Waals surface area contributed by atoms with Crippen molar-refractivity contribution < 1.29 is 28.5 Å². The Labute approximate surface area is 161 Å². The Morgan fingerprint density at radius 2 is 1.70 bits per heavy atom. The number of esters is 1. The Morgan fingerprint density at radius 1 is 1.11 bits per heavy atom. The van der Waals surface area contributed by atoms with Gasteiger partial charge in [0.2, 0.25) is 0 Å². The van der Waals surface area contributed by atoms with Gasteiger partial charge in [-0.1, -0.05) is 24.8 Å². The highest BCUT2D eigenvalue weighted by atomic mass is 16.6. The van der Waals surface area contributed by atoms with Gasteiger partial charge in [-0.15, -0.1) is 0 Å². The van der Waals surface area contributed by atoms with Gasteiger partial charge < -0.3 is 28.6 Å². The van der Waals surface area contributed by atoms with Gasteiger partial charge in [-0.2, -0.15) is 0 Å². The number of allylic oxidation sites excluding steroid dienone is 4. The number of methoxy groups -OCH3 is 1. The molecule has 0 unspecified atom stereocenters. The second kappa shape index (κ2) is 14.0. The zero-order valence-electron chi connectivity index (χ0n) is 16.4. The fourth-order valence-electron chi connectivity index (χ4n) is 2.23. The van der Waals surface area contributed by atoms with Gasteiger partial charge in [-0.3, -0.25) is 4.79 Å². The molecule has 0 N–H and O–H groups in total. The molecule has 0 atom stereocenters. The zero-order chi connectivity index (χ0) is 19.9. The van der Waals surface area contributed by atoms with Gasteiger partial charge in [-0.05, 0) is 19.1 Å². The number of ether oxygens (including phenoxy) is 5. The first kappa shape index (κ1) is 23.0. The van der Waals surface area contributed by atoms with Gasteiger partial charge in [0, 0.05) is 6.54 Å².